The number of benzene rings is 1. The Balaban J connectivity index is 1.15. The average molecular weight is 670 g/mol. The second kappa shape index (κ2) is 15.2. The van der Waals surface area contributed by atoms with Gasteiger partial charge < -0.3 is 25.4 Å². The number of halogens is 1. The predicted molar refractivity (Wildman–Crippen MR) is 185 cm³/mol. The summed E-state index contributed by atoms with van der Waals surface area (Å²) in [5.41, 5.74) is 6.46. The van der Waals surface area contributed by atoms with E-state index in [1.54, 1.807) is 32.7 Å². The zero-order valence-corrected chi connectivity index (χ0v) is 28.1. The van der Waals surface area contributed by atoms with Gasteiger partial charge in [0, 0.05) is 87.1 Å². The fraction of sp³-hybridized carbons (Fsp3) is 0.361. The average Bonchev–Trinajstić information content (AvgIpc) is 3.74. The van der Waals surface area contributed by atoms with Gasteiger partial charge in [-0.25, -0.2) is 4.98 Å². The smallest absolute Gasteiger partial charge is 0.274 e. The molecule has 4 aromatic rings. The molecule has 1 aromatic carbocycles. The van der Waals surface area contributed by atoms with Gasteiger partial charge in [0.2, 0.25) is 11.8 Å². The minimum atomic E-state index is -0.297. The number of pyridine rings is 3. The number of nitrogens with zero attached hydrogens (tertiary/aromatic N) is 4. The molecule has 6 rings (SSSR count). The van der Waals surface area contributed by atoms with Crippen molar-refractivity contribution in [2.75, 3.05) is 39.2 Å². The Labute approximate surface area is 285 Å². The quantitative estimate of drug-likeness (QED) is 0.190. The molecule has 11 nitrogen and oxygen atoms in total. The molecule has 48 heavy (non-hydrogen) atoms. The van der Waals surface area contributed by atoms with E-state index in [0.29, 0.717) is 58.7 Å². The van der Waals surface area contributed by atoms with Crippen LogP contribution in [0.1, 0.15) is 46.4 Å². The number of methoxy groups -OCH3 is 2. The maximum Gasteiger partial charge on any atom is 0.274 e. The van der Waals surface area contributed by atoms with Gasteiger partial charge in [0.05, 0.1) is 29.6 Å². The number of hydrogen-bond acceptors (Lipinski definition) is 9. The molecule has 0 bridgehead atoms. The Morgan fingerprint density at radius 3 is 2.69 bits per heavy atom. The number of carbonyl (C=O) groups excluding carboxylic acids is 2. The number of hydrogen-bond donors (Lipinski definition) is 3. The van der Waals surface area contributed by atoms with E-state index in [1.807, 2.05) is 49.4 Å². The van der Waals surface area contributed by atoms with Gasteiger partial charge in [-0.3, -0.25) is 24.5 Å². The zero-order chi connectivity index (χ0) is 33.6. The van der Waals surface area contributed by atoms with Crippen molar-refractivity contribution < 1.29 is 19.1 Å². The van der Waals surface area contributed by atoms with Crippen LogP contribution in [0.15, 0.2) is 60.9 Å². The van der Waals surface area contributed by atoms with Crippen LogP contribution in [0.2, 0.25) is 5.02 Å². The Morgan fingerprint density at radius 2 is 1.96 bits per heavy atom. The standard InChI is InChI=1S/C36H40ClN7O4/c1-22-27(5-4-6-29(22)42-35(46)31-10-7-23(17-40-31)20-44-16-14-26(21-44)47-2)34-33(37)28(13-15-39-34)30-11-8-24(36(43-30)48-3)18-38-19-25-9-12-32(45)41-25/h4-8,10-11,13,15,17,25-26,38H,9,12,14,16,18-21H2,1-3H3,(H,41,45)(H,42,46)/t25-,26+/m0/s1. The normalized spacial score (nSPS) is 17.8. The Bertz CT molecular complexity index is 1790. The third kappa shape index (κ3) is 7.65. The summed E-state index contributed by atoms with van der Waals surface area (Å²) in [6.45, 7) is 5.80. The zero-order valence-electron chi connectivity index (χ0n) is 27.4. The van der Waals surface area contributed by atoms with Crippen molar-refractivity contribution in [2.24, 2.45) is 0 Å². The molecule has 2 aliphatic rings. The number of aromatic nitrogens is 3. The van der Waals surface area contributed by atoms with Crippen LogP contribution in [0.4, 0.5) is 5.69 Å². The van der Waals surface area contributed by atoms with Crippen molar-refractivity contribution in [2.45, 2.75) is 51.4 Å². The number of anilines is 1. The fourth-order valence-corrected chi connectivity index (χ4v) is 6.54. The Morgan fingerprint density at radius 1 is 1.08 bits per heavy atom. The molecule has 0 spiro atoms. The van der Waals surface area contributed by atoms with E-state index >= 15 is 0 Å². The molecule has 3 aromatic heterocycles. The van der Waals surface area contributed by atoms with Crippen LogP contribution in [0, 0.1) is 6.92 Å². The minimum absolute atomic E-state index is 0.0961. The molecule has 12 heteroatoms. The second-order valence-corrected chi connectivity index (χ2v) is 12.6. The summed E-state index contributed by atoms with van der Waals surface area (Å²) in [5.74, 6) is 0.288. The highest BCUT2D eigenvalue weighted by atomic mass is 35.5. The Hall–Kier alpha value is -4.42. The SMILES string of the molecule is COc1nc(-c2ccnc(-c3cccc(NC(=O)c4ccc(CN5CC[C@@H](OC)C5)cn4)c3C)c2Cl)ccc1CNC[C@@H]1CCC(=O)N1. The van der Waals surface area contributed by atoms with Gasteiger partial charge >= 0.3 is 0 Å². The van der Waals surface area contributed by atoms with E-state index in [4.69, 9.17) is 26.1 Å². The summed E-state index contributed by atoms with van der Waals surface area (Å²) in [5, 5.41) is 9.80. The van der Waals surface area contributed by atoms with Crippen LogP contribution in [0.25, 0.3) is 22.5 Å². The predicted octanol–water partition coefficient (Wildman–Crippen LogP) is 5.02. The van der Waals surface area contributed by atoms with Crippen LogP contribution < -0.4 is 20.7 Å². The molecule has 2 saturated heterocycles. The summed E-state index contributed by atoms with van der Waals surface area (Å²) in [6.07, 6.45) is 6.16. The molecular weight excluding hydrogens is 630 g/mol. The second-order valence-electron chi connectivity index (χ2n) is 12.2. The molecule has 2 atom stereocenters. The van der Waals surface area contributed by atoms with Gasteiger partial charge in [0.15, 0.2) is 0 Å². The first-order chi connectivity index (χ1) is 23.3. The van der Waals surface area contributed by atoms with Crippen molar-refractivity contribution in [3.63, 3.8) is 0 Å². The highest BCUT2D eigenvalue weighted by Gasteiger charge is 2.23. The first-order valence-electron chi connectivity index (χ1n) is 16.1. The van der Waals surface area contributed by atoms with Gasteiger partial charge in [-0.2, -0.15) is 0 Å². The Kier molecular flexibility index (Phi) is 10.6. The lowest BCUT2D eigenvalue weighted by Gasteiger charge is -2.16. The molecular formula is C36H40ClN7O4. The van der Waals surface area contributed by atoms with Gasteiger partial charge in [0.25, 0.3) is 5.91 Å². The molecule has 0 saturated carbocycles. The largest absolute Gasteiger partial charge is 0.481 e. The maximum atomic E-state index is 13.2. The maximum absolute atomic E-state index is 13.2. The lowest BCUT2D eigenvalue weighted by molar-refractivity contribution is -0.119. The highest BCUT2D eigenvalue weighted by molar-refractivity contribution is 6.35. The summed E-state index contributed by atoms with van der Waals surface area (Å²) in [6, 6.07) is 15.2. The number of nitrogens with one attached hydrogen (secondary N) is 3. The van der Waals surface area contributed by atoms with Crippen LogP contribution in [0.5, 0.6) is 5.88 Å². The van der Waals surface area contributed by atoms with Crippen LogP contribution in [0.3, 0.4) is 0 Å². The molecule has 2 amide bonds. The van der Waals surface area contributed by atoms with E-state index < -0.39 is 0 Å². The topological polar surface area (TPSA) is 131 Å². The lowest BCUT2D eigenvalue weighted by Crippen LogP contribution is -2.35. The number of amides is 2. The number of carbonyl (C=O) groups is 2. The highest BCUT2D eigenvalue weighted by Crippen LogP contribution is 2.38. The number of rotatable bonds is 12. The van der Waals surface area contributed by atoms with Crippen LogP contribution >= 0.6 is 11.6 Å². The fourth-order valence-electron chi connectivity index (χ4n) is 6.23. The van der Waals surface area contributed by atoms with Crippen molar-refractivity contribution >= 4 is 29.1 Å². The summed E-state index contributed by atoms with van der Waals surface area (Å²) >= 11 is 7.00. The minimum Gasteiger partial charge on any atom is -0.481 e. The molecule has 2 aliphatic heterocycles. The number of likely N-dealkylation sites (tertiary alicyclic amines) is 1. The third-order valence-electron chi connectivity index (χ3n) is 8.95. The van der Waals surface area contributed by atoms with Gasteiger partial charge in [-0.1, -0.05) is 35.9 Å². The van der Waals surface area contributed by atoms with Crippen LogP contribution in [-0.2, 0) is 22.6 Å². The van der Waals surface area contributed by atoms with E-state index in [1.165, 1.54) is 0 Å². The first kappa shape index (κ1) is 33.5. The molecule has 5 heterocycles. The first-order valence-corrected chi connectivity index (χ1v) is 16.5. The lowest BCUT2D eigenvalue weighted by atomic mass is 10.0. The van der Waals surface area contributed by atoms with Crippen molar-refractivity contribution in [3.8, 4) is 28.4 Å². The van der Waals surface area contributed by atoms with E-state index in [2.05, 4.69) is 30.8 Å². The molecule has 3 N–H and O–H groups in total. The summed E-state index contributed by atoms with van der Waals surface area (Å²) in [4.78, 5) is 40.8. The molecule has 0 unspecified atom stereocenters. The van der Waals surface area contributed by atoms with Crippen molar-refractivity contribution in [3.05, 3.63) is 88.3 Å². The molecule has 2 fully saturated rings. The van der Waals surface area contributed by atoms with Gasteiger partial charge in [-0.05, 0) is 55.2 Å². The van der Waals surface area contributed by atoms with Gasteiger partial charge in [-0.15, -0.1) is 0 Å². The molecule has 250 valence electrons. The van der Waals surface area contributed by atoms with Crippen molar-refractivity contribution in [1.29, 1.82) is 0 Å². The molecule has 0 aliphatic carbocycles. The van der Waals surface area contributed by atoms with E-state index in [0.717, 1.165) is 54.7 Å². The third-order valence-corrected chi connectivity index (χ3v) is 9.33. The van der Waals surface area contributed by atoms with E-state index in [-0.39, 0.29) is 24.0 Å². The monoisotopic (exact) mass is 669 g/mol. The van der Waals surface area contributed by atoms with Crippen molar-refractivity contribution in [1.82, 2.24) is 30.5 Å². The van der Waals surface area contributed by atoms with E-state index in [9.17, 15) is 9.59 Å². The summed E-state index contributed by atoms with van der Waals surface area (Å²) in [7, 11) is 3.34. The van der Waals surface area contributed by atoms with Gasteiger partial charge in [0.1, 0.15) is 5.69 Å². The number of ether oxygens (including phenoxy) is 2. The molecule has 0 radical (unpaired) electrons. The van der Waals surface area contributed by atoms with Crippen LogP contribution in [-0.4, -0.2) is 77.7 Å². The summed E-state index contributed by atoms with van der Waals surface area (Å²) < 4.78 is 11.1.